The van der Waals surface area contributed by atoms with Crippen LogP contribution in [0.5, 0.6) is 11.5 Å². The Morgan fingerprint density at radius 2 is 1.77 bits per heavy atom. The summed E-state index contributed by atoms with van der Waals surface area (Å²) in [6.07, 6.45) is 0.167. The minimum atomic E-state index is -0.819. The van der Waals surface area contributed by atoms with Crippen LogP contribution in [0.15, 0.2) is 48.5 Å². The predicted octanol–water partition coefficient (Wildman–Crippen LogP) is 2.12. The fourth-order valence-corrected chi connectivity index (χ4v) is 3.68. The number of hydrogen-bond acceptors (Lipinski definition) is 5. The number of amides is 3. The molecule has 0 radical (unpaired) electrons. The third-order valence-electron chi connectivity index (χ3n) is 5.24. The Bertz CT molecular complexity index is 993. The molecule has 0 aromatic heterocycles. The van der Waals surface area contributed by atoms with Crippen molar-refractivity contribution in [1.82, 2.24) is 5.32 Å². The van der Waals surface area contributed by atoms with Gasteiger partial charge in [-0.2, -0.15) is 0 Å². The fraction of sp³-hybridized carbons (Fsp3) is 0.348. The summed E-state index contributed by atoms with van der Waals surface area (Å²) >= 11 is 0. The van der Waals surface area contributed by atoms with Gasteiger partial charge >= 0.3 is 0 Å². The molecule has 0 aliphatic carbocycles. The highest BCUT2D eigenvalue weighted by Crippen LogP contribution is 2.35. The smallest absolute Gasteiger partial charge is 0.262 e. The van der Waals surface area contributed by atoms with Crippen LogP contribution < -0.4 is 24.6 Å². The molecule has 31 heavy (non-hydrogen) atoms. The average Bonchev–Trinajstić information content (AvgIpc) is 2.95. The normalized spacial score (nSPS) is 17.6. The zero-order valence-corrected chi connectivity index (χ0v) is 17.4. The highest BCUT2D eigenvalue weighted by Gasteiger charge is 2.35. The first kappa shape index (κ1) is 20.7. The monoisotopic (exact) mass is 423 g/mol. The first-order chi connectivity index (χ1) is 15.1. The molecule has 2 heterocycles. The van der Waals surface area contributed by atoms with Crippen molar-refractivity contribution >= 4 is 29.1 Å². The maximum absolute atomic E-state index is 13.4. The van der Waals surface area contributed by atoms with Crippen LogP contribution in [-0.2, 0) is 14.4 Å². The van der Waals surface area contributed by atoms with Crippen molar-refractivity contribution in [3.8, 4) is 11.5 Å². The topological polar surface area (TPSA) is 88.2 Å². The molecule has 1 atom stereocenters. The molecule has 8 nitrogen and oxygen atoms in total. The molecule has 8 heteroatoms. The molecule has 4 rings (SSSR count). The molecule has 0 fully saturated rings. The van der Waals surface area contributed by atoms with Crippen molar-refractivity contribution in [3.05, 3.63) is 48.5 Å². The van der Waals surface area contributed by atoms with E-state index in [2.05, 4.69) is 5.32 Å². The largest absolute Gasteiger partial charge is 0.491 e. The van der Waals surface area contributed by atoms with Crippen LogP contribution in [0.3, 0.4) is 0 Å². The molecule has 2 aliphatic rings. The van der Waals surface area contributed by atoms with Gasteiger partial charge in [0.15, 0.2) is 6.10 Å². The average molecular weight is 423 g/mol. The summed E-state index contributed by atoms with van der Waals surface area (Å²) in [6.45, 7) is 2.68. The van der Waals surface area contributed by atoms with Crippen LogP contribution in [-0.4, -0.2) is 50.1 Å². The van der Waals surface area contributed by atoms with Crippen molar-refractivity contribution in [1.29, 1.82) is 0 Å². The van der Waals surface area contributed by atoms with Gasteiger partial charge in [0, 0.05) is 6.54 Å². The van der Waals surface area contributed by atoms with E-state index in [-0.39, 0.29) is 43.8 Å². The maximum Gasteiger partial charge on any atom is 0.262 e. The van der Waals surface area contributed by atoms with Gasteiger partial charge in [-0.15, -0.1) is 0 Å². The second kappa shape index (κ2) is 9.07. The molecule has 2 aromatic rings. The molecule has 1 N–H and O–H groups in total. The Labute approximate surface area is 180 Å². The lowest BCUT2D eigenvalue weighted by Crippen LogP contribution is -2.53. The van der Waals surface area contributed by atoms with E-state index in [4.69, 9.17) is 9.47 Å². The summed E-state index contributed by atoms with van der Waals surface area (Å²) in [5, 5.41) is 2.82. The second-order valence-corrected chi connectivity index (χ2v) is 7.42. The van der Waals surface area contributed by atoms with Gasteiger partial charge in [0.25, 0.3) is 5.91 Å². The van der Waals surface area contributed by atoms with Crippen molar-refractivity contribution in [2.24, 2.45) is 0 Å². The van der Waals surface area contributed by atoms with Crippen LogP contribution in [0, 0.1) is 0 Å². The van der Waals surface area contributed by atoms with Gasteiger partial charge in [-0.3, -0.25) is 19.3 Å². The molecule has 0 spiro atoms. The molecular formula is C23H25N3O5. The van der Waals surface area contributed by atoms with Gasteiger partial charge in [-0.1, -0.05) is 31.2 Å². The number of rotatable bonds is 5. The first-order valence-corrected chi connectivity index (χ1v) is 10.4. The van der Waals surface area contributed by atoms with E-state index in [0.29, 0.717) is 29.4 Å². The summed E-state index contributed by atoms with van der Waals surface area (Å²) in [5.41, 5.74) is 1.15. The molecule has 0 saturated carbocycles. The molecule has 2 aromatic carbocycles. The lowest BCUT2D eigenvalue weighted by Gasteiger charge is -2.35. The number of nitrogens with zero attached hydrogens (tertiary/aromatic N) is 2. The Hall–Kier alpha value is -3.55. The van der Waals surface area contributed by atoms with Crippen LogP contribution in [0.1, 0.15) is 19.8 Å². The minimum absolute atomic E-state index is 0.0750. The van der Waals surface area contributed by atoms with E-state index in [0.717, 1.165) is 6.42 Å². The van der Waals surface area contributed by atoms with Gasteiger partial charge in [0.05, 0.1) is 30.9 Å². The van der Waals surface area contributed by atoms with Crippen LogP contribution >= 0.6 is 0 Å². The van der Waals surface area contributed by atoms with Gasteiger partial charge in [0.1, 0.15) is 18.0 Å². The number of nitrogens with one attached hydrogen (secondary N) is 1. The standard InChI is InChI=1S/C23H25N3O5/c1-2-12-24-23(29)20-14-25(17-8-4-6-10-19(17)31-20)22(28)15-26-16-7-3-5-9-18(16)30-13-11-21(26)27/h3-10,20H,2,11-15H2,1H3,(H,24,29). The second-order valence-electron chi connectivity index (χ2n) is 7.42. The fourth-order valence-electron chi connectivity index (χ4n) is 3.68. The van der Waals surface area contributed by atoms with Crippen LogP contribution in [0.4, 0.5) is 11.4 Å². The molecule has 3 amide bonds. The molecule has 162 valence electrons. The Balaban J connectivity index is 1.59. The van der Waals surface area contributed by atoms with Crippen molar-refractivity contribution in [2.75, 3.05) is 36.0 Å². The SMILES string of the molecule is CCCNC(=O)C1CN(C(=O)CN2C(=O)CCOc3ccccc32)c2ccccc2O1. The maximum atomic E-state index is 13.4. The number of carbonyl (C=O) groups is 3. The summed E-state index contributed by atoms with van der Waals surface area (Å²) in [6, 6.07) is 14.3. The number of hydrogen-bond donors (Lipinski definition) is 1. The highest BCUT2D eigenvalue weighted by molar-refractivity contribution is 6.06. The highest BCUT2D eigenvalue weighted by atomic mass is 16.5. The third kappa shape index (κ3) is 4.33. The summed E-state index contributed by atoms with van der Waals surface area (Å²) < 4.78 is 11.5. The van der Waals surface area contributed by atoms with Crippen LogP contribution in [0.25, 0.3) is 0 Å². The molecule has 0 bridgehead atoms. The van der Waals surface area contributed by atoms with Crippen molar-refractivity contribution in [3.63, 3.8) is 0 Å². The Morgan fingerprint density at radius 1 is 1.06 bits per heavy atom. The summed E-state index contributed by atoms with van der Waals surface area (Å²) in [4.78, 5) is 41.6. The molecule has 2 aliphatic heterocycles. The molecule has 1 unspecified atom stereocenters. The minimum Gasteiger partial charge on any atom is -0.491 e. The number of benzene rings is 2. The molecule has 0 saturated heterocycles. The number of ether oxygens (including phenoxy) is 2. The van der Waals surface area contributed by atoms with Gasteiger partial charge in [-0.05, 0) is 30.7 Å². The van der Waals surface area contributed by atoms with Crippen LogP contribution in [0.2, 0.25) is 0 Å². The summed E-state index contributed by atoms with van der Waals surface area (Å²) in [7, 11) is 0. The Kier molecular flexibility index (Phi) is 6.06. The van der Waals surface area contributed by atoms with Gasteiger partial charge < -0.3 is 19.7 Å². The van der Waals surface area contributed by atoms with E-state index in [9.17, 15) is 14.4 Å². The predicted molar refractivity (Wildman–Crippen MR) is 115 cm³/mol. The first-order valence-electron chi connectivity index (χ1n) is 10.4. The number of para-hydroxylation sites is 4. The number of carbonyl (C=O) groups excluding carboxylic acids is 3. The van der Waals surface area contributed by atoms with Crippen molar-refractivity contribution < 1.29 is 23.9 Å². The summed E-state index contributed by atoms with van der Waals surface area (Å²) in [5.74, 6) is 0.287. The van der Waals surface area contributed by atoms with E-state index >= 15 is 0 Å². The van der Waals surface area contributed by atoms with E-state index in [1.165, 1.54) is 9.80 Å². The van der Waals surface area contributed by atoms with E-state index < -0.39 is 6.10 Å². The zero-order valence-electron chi connectivity index (χ0n) is 17.4. The third-order valence-corrected chi connectivity index (χ3v) is 5.24. The number of fused-ring (bicyclic) bond motifs is 2. The lowest BCUT2D eigenvalue weighted by atomic mass is 10.1. The molecular weight excluding hydrogens is 398 g/mol. The van der Waals surface area contributed by atoms with Crippen molar-refractivity contribution in [2.45, 2.75) is 25.9 Å². The van der Waals surface area contributed by atoms with E-state index in [1.54, 1.807) is 42.5 Å². The van der Waals surface area contributed by atoms with Gasteiger partial charge in [-0.25, -0.2) is 0 Å². The zero-order chi connectivity index (χ0) is 21.8. The number of anilines is 2. The van der Waals surface area contributed by atoms with E-state index in [1.807, 2.05) is 13.0 Å². The Morgan fingerprint density at radius 3 is 2.55 bits per heavy atom. The van der Waals surface area contributed by atoms with Gasteiger partial charge in [0.2, 0.25) is 11.8 Å². The lowest BCUT2D eigenvalue weighted by molar-refractivity contribution is -0.128. The quantitative estimate of drug-likeness (QED) is 0.796.